The summed E-state index contributed by atoms with van der Waals surface area (Å²) in [7, 11) is 0. The zero-order valence-corrected chi connectivity index (χ0v) is 12.7. The van der Waals surface area contributed by atoms with Gasteiger partial charge in [-0.2, -0.15) is 0 Å². The van der Waals surface area contributed by atoms with Crippen LogP contribution < -0.4 is 10.6 Å². The standard InChI is InChI=1S/C17H16F2N2O2/c1-10-3-5-13(7-11(10)2)20-16(22)9-17(23)21-15-6-4-12(18)8-14(15)19/h3-8H,9H2,1-2H3,(H,20,22)(H,21,23). The number of halogens is 2. The topological polar surface area (TPSA) is 58.2 Å². The quantitative estimate of drug-likeness (QED) is 0.847. The Morgan fingerprint density at radius 1 is 0.913 bits per heavy atom. The Labute approximate surface area is 132 Å². The van der Waals surface area contributed by atoms with E-state index in [-0.39, 0.29) is 5.69 Å². The van der Waals surface area contributed by atoms with Gasteiger partial charge in [-0.3, -0.25) is 9.59 Å². The molecule has 0 bridgehead atoms. The van der Waals surface area contributed by atoms with Crippen LogP contribution in [0.4, 0.5) is 20.2 Å². The van der Waals surface area contributed by atoms with Crippen LogP contribution >= 0.6 is 0 Å². The van der Waals surface area contributed by atoms with Crippen LogP contribution in [0.15, 0.2) is 36.4 Å². The molecule has 4 nitrogen and oxygen atoms in total. The van der Waals surface area contributed by atoms with Crippen LogP contribution in [0, 0.1) is 25.5 Å². The third kappa shape index (κ3) is 4.60. The van der Waals surface area contributed by atoms with E-state index >= 15 is 0 Å². The van der Waals surface area contributed by atoms with Gasteiger partial charge in [-0.05, 0) is 49.2 Å². The second kappa shape index (κ2) is 7.00. The van der Waals surface area contributed by atoms with Gasteiger partial charge in [-0.1, -0.05) is 6.07 Å². The van der Waals surface area contributed by atoms with Gasteiger partial charge >= 0.3 is 0 Å². The first-order valence-electron chi connectivity index (χ1n) is 6.97. The number of aryl methyl sites for hydroxylation is 2. The van der Waals surface area contributed by atoms with Gasteiger partial charge in [-0.25, -0.2) is 8.78 Å². The molecule has 2 N–H and O–H groups in total. The molecule has 0 atom stereocenters. The van der Waals surface area contributed by atoms with Crippen molar-refractivity contribution in [3.8, 4) is 0 Å². The third-order valence-electron chi connectivity index (χ3n) is 3.32. The second-order valence-corrected chi connectivity index (χ2v) is 5.20. The van der Waals surface area contributed by atoms with Crippen LogP contribution in [0.25, 0.3) is 0 Å². The first kappa shape index (κ1) is 16.6. The zero-order valence-electron chi connectivity index (χ0n) is 12.7. The second-order valence-electron chi connectivity index (χ2n) is 5.20. The SMILES string of the molecule is Cc1ccc(NC(=O)CC(=O)Nc2ccc(F)cc2F)cc1C. The van der Waals surface area contributed by atoms with E-state index in [0.717, 1.165) is 23.3 Å². The smallest absolute Gasteiger partial charge is 0.233 e. The highest BCUT2D eigenvalue weighted by Gasteiger charge is 2.12. The van der Waals surface area contributed by atoms with Gasteiger partial charge in [0, 0.05) is 11.8 Å². The lowest BCUT2D eigenvalue weighted by Gasteiger charge is -2.09. The molecule has 0 saturated heterocycles. The minimum Gasteiger partial charge on any atom is -0.326 e. The Morgan fingerprint density at radius 3 is 2.26 bits per heavy atom. The van der Waals surface area contributed by atoms with Gasteiger partial charge in [-0.15, -0.1) is 0 Å². The van der Waals surface area contributed by atoms with Gasteiger partial charge in [0.1, 0.15) is 18.1 Å². The summed E-state index contributed by atoms with van der Waals surface area (Å²) < 4.78 is 26.2. The van der Waals surface area contributed by atoms with Crippen molar-refractivity contribution in [2.75, 3.05) is 10.6 Å². The molecule has 120 valence electrons. The number of benzene rings is 2. The molecule has 2 amide bonds. The zero-order chi connectivity index (χ0) is 17.0. The molecule has 23 heavy (non-hydrogen) atoms. The van der Waals surface area contributed by atoms with Gasteiger partial charge in [0.25, 0.3) is 0 Å². The molecular formula is C17H16F2N2O2. The molecule has 2 aromatic rings. The maximum absolute atomic E-state index is 13.4. The predicted molar refractivity (Wildman–Crippen MR) is 84.2 cm³/mol. The number of amides is 2. The van der Waals surface area contributed by atoms with E-state index < -0.39 is 29.9 Å². The van der Waals surface area contributed by atoms with Crippen molar-refractivity contribution in [1.29, 1.82) is 0 Å². The van der Waals surface area contributed by atoms with Crippen molar-refractivity contribution in [3.63, 3.8) is 0 Å². The summed E-state index contributed by atoms with van der Waals surface area (Å²) in [6.07, 6.45) is -0.469. The van der Waals surface area contributed by atoms with Gasteiger partial charge < -0.3 is 10.6 Å². The number of anilines is 2. The van der Waals surface area contributed by atoms with Crippen LogP contribution in [0.2, 0.25) is 0 Å². The maximum atomic E-state index is 13.4. The average molecular weight is 318 g/mol. The fraction of sp³-hybridized carbons (Fsp3) is 0.176. The Balaban J connectivity index is 1.94. The van der Waals surface area contributed by atoms with Crippen molar-refractivity contribution in [1.82, 2.24) is 0 Å². The van der Waals surface area contributed by atoms with E-state index in [1.807, 2.05) is 19.9 Å². The maximum Gasteiger partial charge on any atom is 0.233 e. The Bertz CT molecular complexity index is 760. The third-order valence-corrected chi connectivity index (χ3v) is 3.32. The highest BCUT2D eigenvalue weighted by atomic mass is 19.1. The molecule has 0 spiro atoms. The van der Waals surface area contributed by atoms with Gasteiger partial charge in [0.2, 0.25) is 11.8 Å². The van der Waals surface area contributed by atoms with Crippen molar-refractivity contribution >= 4 is 23.2 Å². The van der Waals surface area contributed by atoms with Crippen molar-refractivity contribution in [2.24, 2.45) is 0 Å². The van der Waals surface area contributed by atoms with Gasteiger partial charge in [0.15, 0.2) is 0 Å². The lowest BCUT2D eigenvalue weighted by atomic mass is 10.1. The Morgan fingerprint density at radius 2 is 1.61 bits per heavy atom. The highest BCUT2D eigenvalue weighted by Crippen LogP contribution is 2.16. The van der Waals surface area contributed by atoms with Gasteiger partial charge in [0.05, 0.1) is 5.69 Å². The number of carbonyl (C=O) groups excluding carboxylic acids is 2. The molecule has 0 radical (unpaired) electrons. The van der Waals surface area contributed by atoms with E-state index in [4.69, 9.17) is 0 Å². The molecular weight excluding hydrogens is 302 g/mol. The first-order valence-corrected chi connectivity index (χ1v) is 6.97. The van der Waals surface area contributed by atoms with Crippen LogP contribution in [-0.4, -0.2) is 11.8 Å². The largest absolute Gasteiger partial charge is 0.326 e. The number of hydrogen-bond acceptors (Lipinski definition) is 2. The highest BCUT2D eigenvalue weighted by molar-refractivity contribution is 6.08. The van der Waals surface area contributed by atoms with Crippen molar-refractivity contribution in [2.45, 2.75) is 20.3 Å². The fourth-order valence-electron chi connectivity index (χ4n) is 1.96. The monoisotopic (exact) mass is 318 g/mol. The number of rotatable bonds is 4. The van der Waals surface area contributed by atoms with Crippen LogP contribution in [0.1, 0.15) is 17.5 Å². The van der Waals surface area contributed by atoms with E-state index in [1.54, 1.807) is 12.1 Å². The molecule has 0 fully saturated rings. The molecule has 0 aliphatic heterocycles. The molecule has 0 aromatic heterocycles. The first-order chi connectivity index (χ1) is 10.8. The van der Waals surface area contributed by atoms with E-state index in [0.29, 0.717) is 11.8 Å². The Hall–Kier alpha value is -2.76. The lowest BCUT2D eigenvalue weighted by molar-refractivity contribution is -0.123. The summed E-state index contributed by atoms with van der Waals surface area (Å²) in [5.74, 6) is -2.84. The van der Waals surface area contributed by atoms with E-state index in [1.165, 1.54) is 0 Å². The molecule has 2 aromatic carbocycles. The summed E-state index contributed by atoms with van der Waals surface area (Å²) in [6, 6.07) is 8.17. The molecule has 0 saturated carbocycles. The number of hydrogen-bond donors (Lipinski definition) is 2. The average Bonchev–Trinajstić information content (AvgIpc) is 2.46. The molecule has 0 heterocycles. The number of carbonyl (C=O) groups is 2. The minimum atomic E-state index is -0.895. The molecule has 0 unspecified atom stereocenters. The van der Waals surface area contributed by atoms with E-state index in [9.17, 15) is 18.4 Å². The molecule has 0 aliphatic carbocycles. The summed E-state index contributed by atoms with van der Waals surface area (Å²) in [4.78, 5) is 23.6. The molecule has 2 rings (SSSR count). The Kier molecular flexibility index (Phi) is 5.05. The fourth-order valence-corrected chi connectivity index (χ4v) is 1.96. The van der Waals surface area contributed by atoms with Crippen LogP contribution in [-0.2, 0) is 9.59 Å². The van der Waals surface area contributed by atoms with Crippen molar-refractivity contribution < 1.29 is 18.4 Å². The minimum absolute atomic E-state index is 0.171. The normalized spacial score (nSPS) is 10.3. The molecule has 6 heteroatoms. The summed E-state index contributed by atoms with van der Waals surface area (Å²) >= 11 is 0. The summed E-state index contributed by atoms with van der Waals surface area (Å²) in [5, 5.41) is 4.83. The van der Waals surface area contributed by atoms with Crippen molar-refractivity contribution in [3.05, 3.63) is 59.2 Å². The number of nitrogens with one attached hydrogen (secondary N) is 2. The summed E-state index contributed by atoms with van der Waals surface area (Å²) in [6.45, 7) is 3.86. The predicted octanol–water partition coefficient (Wildman–Crippen LogP) is 3.55. The van der Waals surface area contributed by atoms with Crippen LogP contribution in [0.5, 0.6) is 0 Å². The van der Waals surface area contributed by atoms with E-state index in [2.05, 4.69) is 10.6 Å². The summed E-state index contributed by atoms with van der Waals surface area (Å²) in [5.41, 5.74) is 2.52. The lowest BCUT2D eigenvalue weighted by Crippen LogP contribution is -2.22. The molecule has 0 aliphatic rings. The van der Waals surface area contributed by atoms with Crippen LogP contribution in [0.3, 0.4) is 0 Å².